The zero-order valence-corrected chi connectivity index (χ0v) is 14.0. The zero-order valence-electron chi connectivity index (χ0n) is 14.0. The van der Waals surface area contributed by atoms with Crippen LogP contribution < -0.4 is 4.74 Å². The molecule has 122 valence electrons. The average molecular weight is 303 g/mol. The molecule has 0 aliphatic carbocycles. The molecule has 2 rings (SSSR count). The van der Waals surface area contributed by atoms with Crippen molar-refractivity contribution in [2.24, 2.45) is 5.16 Å². The first-order valence-electron chi connectivity index (χ1n) is 8.76. The maximum atomic E-state index is 9.31. The van der Waals surface area contributed by atoms with Crippen LogP contribution in [-0.4, -0.2) is 17.0 Å². The van der Waals surface area contributed by atoms with Gasteiger partial charge in [-0.2, -0.15) is 0 Å². The number of hydrogen-bond acceptors (Lipinski definition) is 3. The molecule has 0 saturated heterocycles. The summed E-state index contributed by atoms with van der Waals surface area (Å²) in [5.74, 6) is 0.850. The summed E-state index contributed by atoms with van der Waals surface area (Å²) in [7, 11) is 0. The number of fused-ring (bicyclic) bond motifs is 1. The van der Waals surface area contributed by atoms with E-state index in [-0.39, 0.29) is 6.10 Å². The monoisotopic (exact) mass is 303 g/mol. The second kappa shape index (κ2) is 8.82. The molecule has 0 bridgehead atoms. The van der Waals surface area contributed by atoms with Crippen molar-refractivity contribution in [3.05, 3.63) is 29.3 Å². The van der Waals surface area contributed by atoms with Crippen molar-refractivity contribution in [3.63, 3.8) is 0 Å². The normalized spacial score (nSPS) is 18.5. The Morgan fingerprint density at radius 3 is 2.41 bits per heavy atom. The Morgan fingerprint density at radius 2 is 1.73 bits per heavy atom. The second-order valence-electron chi connectivity index (χ2n) is 6.35. The predicted octanol–water partition coefficient (Wildman–Crippen LogP) is 5.47. The molecule has 3 heteroatoms. The van der Waals surface area contributed by atoms with Crippen molar-refractivity contribution >= 4 is 5.71 Å². The lowest BCUT2D eigenvalue weighted by Gasteiger charge is -2.10. The van der Waals surface area contributed by atoms with Gasteiger partial charge >= 0.3 is 0 Å². The molecular weight excluding hydrogens is 274 g/mol. The van der Waals surface area contributed by atoms with E-state index in [0.717, 1.165) is 29.7 Å². The predicted molar refractivity (Wildman–Crippen MR) is 91.1 cm³/mol. The van der Waals surface area contributed by atoms with Gasteiger partial charge in [0.05, 0.1) is 0 Å². The first kappa shape index (κ1) is 16.9. The third-order valence-corrected chi connectivity index (χ3v) is 4.41. The van der Waals surface area contributed by atoms with Crippen LogP contribution in [0.1, 0.15) is 75.8 Å². The third kappa shape index (κ3) is 4.49. The minimum absolute atomic E-state index is 0.0816. The zero-order chi connectivity index (χ0) is 15.8. The number of aryl methyl sites for hydroxylation is 1. The Bertz CT molecular complexity index is 496. The molecule has 1 unspecified atom stereocenters. The number of hydrogen-bond donors (Lipinski definition) is 1. The second-order valence-corrected chi connectivity index (χ2v) is 6.35. The Balaban J connectivity index is 1.71. The lowest BCUT2D eigenvalue weighted by Crippen LogP contribution is -2.21. The molecule has 1 heterocycles. The van der Waals surface area contributed by atoms with Crippen molar-refractivity contribution in [2.45, 2.75) is 77.7 Å². The van der Waals surface area contributed by atoms with E-state index in [9.17, 15) is 5.21 Å². The number of rotatable bonds is 9. The van der Waals surface area contributed by atoms with Crippen molar-refractivity contribution in [2.75, 3.05) is 0 Å². The molecule has 0 amide bonds. The molecule has 1 aromatic rings. The van der Waals surface area contributed by atoms with Gasteiger partial charge in [0, 0.05) is 5.56 Å². The molecule has 0 fully saturated rings. The summed E-state index contributed by atoms with van der Waals surface area (Å²) < 4.78 is 5.93. The van der Waals surface area contributed by atoms with Gasteiger partial charge < -0.3 is 9.94 Å². The number of unbranched alkanes of at least 4 members (excludes halogenated alkanes) is 7. The number of ether oxygens (including phenoxy) is 1. The van der Waals surface area contributed by atoms with E-state index < -0.39 is 0 Å². The summed E-state index contributed by atoms with van der Waals surface area (Å²) >= 11 is 0. The van der Waals surface area contributed by atoms with Crippen LogP contribution in [0, 0.1) is 6.92 Å². The van der Waals surface area contributed by atoms with Crippen LogP contribution in [0.25, 0.3) is 0 Å². The smallest absolute Gasteiger partial charge is 0.145 e. The van der Waals surface area contributed by atoms with E-state index in [0.29, 0.717) is 5.71 Å². The highest BCUT2D eigenvalue weighted by Crippen LogP contribution is 2.32. The van der Waals surface area contributed by atoms with Crippen LogP contribution in [0.4, 0.5) is 0 Å². The van der Waals surface area contributed by atoms with Gasteiger partial charge in [-0.1, -0.05) is 68.7 Å². The quantitative estimate of drug-likeness (QED) is 0.373. The fraction of sp³-hybridized carbons (Fsp3) is 0.632. The molecule has 1 N–H and O–H groups in total. The van der Waals surface area contributed by atoms with Crippen molar-refractivity contribution in [1.29, 1.82) is 0 Å². The van der Waals surface area contributed by atoms with Gasteiger partial charge in [0.1, 0.15) is 17.6 Å². The first-order valence-corrected chi connectivity index (χ1v) is 8.76. The van der Waals surface area contributed by atoms with Gasteiger partial charge in [-0.05, 0) is 31.9 Å². The highest BCUT2D eigenvalue weighted by molar-refractivity contribution is 6.08. The van der Waals surface area contributed by atoms with Crippen LogP contribution in [-0.2, 0) is 0 Å². The standard InChI is InChI=1S/C19H29NO2/c1-3-4-5-6-7-8-9-10-11-18-19(20-21)16-14-15(2)12-13-17(16)22-18/h12-14,18,21H,3-11H2,1-2H3. The fourth-order valence-corrected chi connectivity index (χ4v) is 3.11. The lowest BCUT2D eigenvalue weighted by molar-refractivity contribution is 0.254. The van der Waals surface area contributed by atoms with Crippen LogP contribution in [0.15, 0.2) is 23.4 Å². The summed E-state index contributed by atoms with van der Waals surface area (Å²) in [6, 6.07) is 6.05. The van der Waals surface area contributed by atoms with Crippen molar-refractivity contribution in [1.82, 2.24) is 0 Å². The molecule has 0 saturated carbocycles. The Kier molecular flexibility index (Phi) is 6.75. The van der Waals surface area contributed by atoms with Gasteiger partial charge in [-0.3, -0.25) is 0 Å². The maximum Gasteiger partial charge on any atom is 0.145 e. The van der Waals surface area contributed by atoms with Crippen LogP contribution in [0.3, 0.4) is 0 Å². The van der Waals surface area contributed by atoms with E-state index in [1.165, 1.54) is 44.9 Å². The van der Waals surface area contributed by atoms with Gasteiger partial charge in [-0.25, -0.2) is 0 Å². The van der Waals surface area contributed by atoms with E-state index in [2.05, 4.69) is 12.1 Å². The molecule has 0 radical (unpaired) electrons. The van der Waals surface area contributed by atoms with Gasteiger partial charge in [-0.15, -0.1) is 0 Å². The summed E-state index contributed by atoms with van der Waals surface area (Å²) in [5, 5.41) is 12.8. The van der Waals surface area contributed by atoms with Gasteiger partial charge in [0.15, 0.2) is 0 Å². The lowest BCUT2D eigenvalue weighted by atomic mass is 10.0. The average Bonchev–Trinajstić information content (AvgIpc) is 2.86. The highest BCUT2D eigenvalue weighted by atomic mass is 16.5. The molecule has 1 aromatic carbocycles. The summed E-state index contributed by atoms with van der Waals surface area (Å²) in [6.07, 6.45) is 11.3. The minimum Gasteiger partial charge on any atom is -0.483 e. The first-order chi connectivity index (χ1) is 10.8. The molecular formula is C19H29NO2. The Hall–Kier alpha value is -1.51. The number of oxime groups is 1. The summed E-state index contributed by atoms with van der Waals surface area (Å²) in [5.41, 5.74) is 2.81. The minimum atomic E-state index is -0.0816. The van der Waals surface area contributed by atoms with E-state index in [1.807, 2.05) is 25.1 Å². The van der Waals surface area contributed by atoms with Crippen LogP contribution in [0.2, 0.25) is 0 Å². The largest absolute Gasteiger partial charge is 0.483 e. The maximum absolute atomic E-state index is 9.31. The van der Waals surface area contributed by atoms with E-state index >= 15 is 0 Å². The molecule has 0 aromatic heterocycles. The fourth-order valence-electron chi connectivity index (χ4n) is 3.11. The van der Waals surface area contributed by atoms with Gasteiger partial charge in [0.25, 0.3) is 0 Å². The Labute approximate surface area is 134 Å². The molecule has 1 atom stereocenters. The van der Waals surface area contributed by atoms with Gasteiger partial charge in [0.2, 0.25) is 0 Å². The number of nitrogens with zero attached hydrogens (tertiary/aromatic N) is 1. The molecule has 1 aliphatic heterocycles. The molecule has 1 aliphatic rings. The highest BCUT2D eigenvalue weighted by Gasteiger charge is 2.30. The molecule has 22 heavy (non-hydrogen) atoms. The molecule has 3 nitrogen and oxygen atoms in total. The summed E-state index contributed by atoms with van der Waals surface area (Å²) in [4.78, 5) is 0. The van der Waals surface area contributed by atoms with Crippen molar-refractivity contribution in [3.8, 4) is 5.75 Å². The van der Waals surface area contributed by atoms with Crippen LogP contribution in [0.5, 0.6) is 5.75 Å². The van der Waals surface area contributed by atoms with E-state index in [1.54, 1.807) is 0 Å². The SMILES string of the molecule is CCCCCCCCCCC1Oc2ccc(C)cc2C1=NO. The Morgan fingerprint density at radius 1 is 1.05 bits per heavy atom. The van der Waals surface area contributed by atoms with Crippen molar-refractivity contribution < 1.29 is 9.94 Å². The van der Waals surface area contributed by atoms with E-state index in [4.69, 9.17) is 4.74 Å². The topological polar surface area (TPSA) is 41.8 Å². The number of benzene rings is 1. The van der Waals surface area contributed by atoms with Crippen LogP contribution >= 0.6 is 0 Å². The third-order valence-electron chi connectivity index (χ3n) is 4.41. The molecule has 0 spiro atoms. The summed E-state index contributed by atoms with van der Waals surface area (Å²) in [6.45, 7) is 4.29.